The average Bonchev–Trinajstić information content (AvgIpc) is 3.39. The van der Waals surface area contributed by atoms with Crippen LogP contribution in [0.1, 0.15) is 11.4 Å². The molecule has 4 aromatic rings. The van der Waals surface area contributed by atoms with Gasteiger partial charge in [-0.1, -0.05) is 0 Å². The highest BCUT2D eigenvalue weighted by atomic mass is 19.1. The summed E-state index contributed by atoms with van der Waals surface area (Å²) in [6.45, 7) is 1.68. The van der Waals surface area contributed by atoms with Crippen molar-refractivity contribution >= 4 is 6.15 Å². The quantitative estimate of drug-likeness (QED) is 0.536. The minimum Gasteiger partial charge on any atom is -0.444 e. The van der Waals surface area contributed by atoms with E-state index in [4.69, 9.17) is 23.5 Å². The highest BCUT2D eigenvalue weighted by molar-refractivity contribution is 5.53. The topological polar surface area (TPSA) is 106 Å². The lowest BCUT2D eigenvalue weighted by molar-refractivity contribution is -0.191. The number of rotatable bonds is 3. The number of benzene rings is 2. The van der Waals surface area contributed by atoms with Crippen LogP contribution >= 0.6 is 0 Å². The van der Waals surface area contributed by atoms with Gasteiger partial charge in [0.15, 0.2) is 0 Å². The third kappa shape index (κ3) is 6.59. The number of aryl methyl sites for hydroxylation is 1. The molecule has 0 amide bonds. The second kappa shape index (κ2) is 11.2. The van der Waals surface area contributed by atoms with Crippen molar-refractivity contribution in [1.82, 2.24) is 9.97 Å². The highest BCUT2D eigenvalue weighted by Gasteiger charge is 2.05. The minimum absolute atomic E-state index is 0.162. The van der Waals surface area contributed by atoms with E-state index < -0.39 is 0 Å². The summed E-state index contributed by atoms with van der Waals surface area (Å²) >= 11 is 0. The van der Waals surface area contributed by atoms with Gasteiger partial charge in [0.25, 0.3) is 0 Å². The Morgan fingerprint density at radius 3 is 1.63 bits per heavy atom. The lowest BCUT2D eigenvalue weighted by Gasteiger charge is -1.93. The fourth-order valence-corrected chi connectivity index (χ4v) is 2.18. The maximum atomic E-state index is 12.6. The van der Waals surface area contributed by atoms with Gasteiger partial charge in [-0.05, 0) is 55.5 Å². The first-order valence-corrected chi connectivity index (χ1v) is 8.45. The van der Waals surface area contributed by atoms with Crippen molar-refractivity contribution in [3.8, 4) is 22.9 Å². The molecule has 0 aliphatic carbocycles. The average molecular weight is 414 g/mol. The van der Waals surface area contributed by atoms with Crippen LogP contribution < -0.4 is 0 Å². The van der Waals surface area contributed by atoms with Crippen LogP contribution in [0.25, 0.3) is 22.9 Å². The van der Waals surface area contributed by atoms with Crippen molar-refractivity contribution in [2.45, 2.75) is 13.5 Å². The van der Waals surface area contributed by atoms with Crippen molar-refractivity contribution in [1.29, 1.82) is 0 Å². The van der Waals surface area contributed by atoms with E-state index in [1.165, 1.54) is 30.5 Å². The molecule has 0 aliphatic heterocycles. The second-order valence-electron chi connectivity index (χ2n) is 5.69. The van der Waals surface area contributed by atoms with Crippen molar-refractivity contribution in [3.63, 3.8) is 0 Å². The Morgan fingerprint density at radius 2 is 1.27 bits per heavy atom. The van der Waals surface area contributed by atoms with Crippen molar-refractivity contribution in [2.24, 2.45) is 0 Å². The molecule has 154 valence electrons. The summed E-state index contributed by atoms with van der Waals surface area (Å²) in [5, 5.41) is 8.76. The van der Waals surface area contributed by atoms with Crippen molar-refractivity contribution < 1.29 is 32.3 Å². The zero-order valence-corrected chi connectivity index (χ0v) is 15.7. The van der Waals surface area contributed by atoms with E-state index in [0.717, 1.165) is 11.3 Å². The number of halogens is 2. The van der Waals surface area contributed by atoms with Crippen LogP contribution in [0.4, 0.5) is 8.78 Å². The number of aliphatic hydroxyl groups is 1. The van der Waals surface area contributed by atoms with Crippen LogP contribution in [0, 0.1) is 18.6 Å². The molecule has 0 atom stereocenters. The Kier molecular flexibility index (Phi) is 8.31. The van der Waals surface area contributed by atoms with E-state index in [1.807, 2.05) is 6.92 Å². The van der Waals surface area contributed by atoms with Gasteiger partial charge in [0.05, 0.1) is 12.3 Å². The lowest BCUT2D eigenvalue weighted by Crippen LogP contribution is -1.83. The summed E-state index contributed by atoms with van der Waals surface area (Å²) in [6, 6.07) is 11.9. The van der Waals surface area contributed by atoms with Gasteiger partial charge in [-0.3, -0.25) is 0 Å². The smallest absolute Gasteiger partial charge is 0.373 e. The van der Waals surface area contributed by atoms with Crippen LogP contribution in [0.3, 0.4) is 0 Å². The Hall–Kier alpha value is -3.94. The van der Waals surface area contributed by atoms with Crippen LogP contribution in [-0.2, 0) is 16.2 Å². The standard InChI is InChI=1S/C10H8FNO2.C10H8FNO.CO2/c11-8-3-1-7(2-4-8)10-12-9(5-13)6-14-10;1-7-6-13-10(12-7)8-2-4-9(11)5-3-8;2-1-3/h1-4,6,13H,5H2;2-6H,1H3;. The van der Waals surface area contributed by atoms with Gasteiger partial charge in [-0.2, -0.15) is 9.59 Å². The van der Waals surface area contributed by atoms with Crippen LogP contribution in [0.15, 0.2) is 69.9 Å². The molecule has 0 aliphatic rings. The van der Waals surface area contributed by atoms with Crippen molar-refractivity contribution in [3.05, 3.63) is 84.1 Å². The van der Waals surface area contributed by atoms with Gasteiger partial charge < -0.3 is 13.9 Å². The molecule has 30 heavy (non-hydrogen) atoms. The summed E-state index contributed by atoms with van der Waals surface area (Å²) in [6.07, 6.45) is 3.19. The minimum atomic E-state index is -0.303. The maximum Gasteiger partial charge on any atom is 0.373 e. The van der Waals surface area contributed by atoms with Gasteiger partial charge >= 0.3 is 6.15 Å². The fourth-order valence-electron chi connectivity index (χ4n) is 2.18. The first-order valence-electron chi connectivity index (χ1n) is 8.45. The zero-order valence-electron chi connectivity index (χ0n) is 15.7. The molecule has 9 heteroatoms. The normalized spacial score (nSPS) is 9.60. The van der Waals surface area contributed by atoms with Gasteiger partial charge in [0.1, 0.15) is 29.9 Å². The molecule has 0 unspecified atom stereocenters. The van der Waals surface area contributed by atoms with Crippen LogP contribution in [0.2, 0.25) is 0 Å². The summed E-state index contributed by atoms with van der Waals surface area (Å²) < 4.78 is 35.4. The van der Waals surface area contributed by atoms with E-state index >= 15 is 0 Å². The number of aliphatic hydroxyl groups excluding tert-OH is 1. The molecular weight excluding hydrogens is 398 g/mol. The summed E-state index contributed by atoms with van der Waals surface area (Å²) in [7, 11) is 0. The molecule has 0 radical (unpaired) electrons. The Bertz CT molecular complexity index is 1080. The van der Waals surface area contributed by atoms with Gasteiger partial charge in [-0.15, -0.1) is 0 Å². The molecule has 0 spiro atoms. The molecule has 1 N–H and O–H groups in total. The molecule has 0 saturated carbocycles. The first kappa shape index (κ1) is 22.4. The molecular formula is C21H16F2N2O5. The number of hydrogen-bond donors (Lipinski definition) is 1. The third-order valence-electron chi connectivity index (χ3n) is 3.52. The molecule has 2 aromatic heterocycles. The van der Waals surface area contributed by atoms with E-state index in [2.05, 4.69) is 9.97 Å². The molecule has 0 bridgehead atoms. The largest absolute Gasteiger partial charge is 0.444 e. The lowest BCUT2D eigenvalue weighted by atomic mass is 10.2. The second-order valence-corrected chi connectivity index (χ2v) is 5.69. The monoisotopic (exact) mass is 414 g/mol. The first-order chi connectivity index (χ1) is 14.5. The van der Waals surface area contributed by atoms with E-state index in [9.17, 15) is 8.78 Å². The van der Waals surface area contributed by atoms with Gasteiger partial charge in [0.2, 0.25) is 11.8 Å². The summed E-state index contributed by atoms with van der Waals surface area (Å²) in [4.78, 5) is 24.4. The van der Waals surface area contributed by atoms with Crippen molar-refractivity contribution in [2.75, 3.05) is 0 Å². The Balaban J connectivity index is 0.000000190. The fraction of sp³-hybridized carbons (Fsp3) is 0.0952. The van der Waals surface area contributed by atoms with E-state index in [-0.39, 0.29) is 24.4 Å². The van der Waals surface area contributed by atoms with E-state index in [0.29, 0.717) is 23.0 Å². The van der Waals surface area contributed by atoms with Gasteiger partial charge in [-0.25, -0.2) is 18.7 Å². The predicted molar refractivity (Wildman–Crippen MR) is 99.5 cm³/mol. The van der Waals surface area contributed by atoms with Crippen LogP contribution in [-0.4, -0.2) is 21.2 Å². The summed E-state index contributed by atoms with van der Waals surface area (Å²) in [5.41, 5.74) is 2.75. The number of nitrogens with zero attached hydrogens (tertiary/aromatic N) is 2. The third-order valence-corrected chi connectivity index (χ3v) is 3.52. The highest BCUT2D eigenvalue weighted by Crippen LogP contribution is 2.19. The molecule has 2 heterocycles. The van der Waals surface area contributed by atoms with E-state index in [1.54, 1.807) is 30.5 Å². The van der Waals surface area contributed by atoms with Crippen LogP contribution in [0.5, 0.6) is 0 Å². The number of hydrogen-bond acceptors (Lipinski definition) is 7. The maximum absolute atomic E-state index is 12.6. The zero-order chi connectivity index (χ0) is 21.9. The predicted octanol–water partition coefficient (Wildman–Crippen LogP) is 4.18. The molecule has 0 saturated heterocycles. The molecule has 7 nitrogen and oxygen atoms in total. The number of aromatic nitrogens is 2. The molecule has 2 aromatic carbocycles. The Morgan fingerprint density at radius 1 is 0.833 bits per heavy atom. The summed E-state index contributed by atoms with van der Waals surface area (Å²) in [5.74, 6) is 0.348. The molecule has 0 fully saturated rings. The van der Waals surface area contributed by atoms with Gasteiger partial charge in [0, 0.05) is 11.1 Å². The SMILES string of the molecule is Cc1coc(-c2ccc(F)cc2)n1.O=C=O.OCc1coc(-c2ccc(F)cc2)n1. The Labute approximate surface area is 169 Å². The number of carbonyl (C=O) groups excluding carboxylic acids is 2. The number of oxazole rings is 2. The molecule has 4 rings (SSSR count).